The van der Waals surface area contributed by atoms with Crippen molar-refractivity contribution in [1.29, 1.82) is 0 Å². The lowest BCUT2D eigenvalue weighted by Gasteiger charge is -2.19. The molecule has 2 heterocycles. The zero-order valence-electron chi connectivity index (χ0n) is 13.9. The molecule has 0 N–H and O–H groups in total. The molecule has 5 heteroatoms. The molecule has 1 aliphatic carbocycles. The lowest BCUT2D eigenvalue weighted by molar-refractivity contribution is -0.122. The molecule has 2 fully saturated rings. The summed E-state index contributed by atoms with van der Waals surface area (Å²) in [6.07, 6.45) is 3.75. The van der Waals surface area contributed by atoms with E-state index in [0.717, 1.165) is 41.8 Å². The highest BCUT2D eigenvalue weighted by Crippen LogP contribution is 2.42. The van der Waals surface area contributed by atoms with E-state index in [1.807, 2.05) is 26.0 Å². The summed E-state index contributed by atoms with van der Waals surface area (Å²) in [6.45, 7) is 4.04. The lowest BCUT2D eigenvalue weighted by Crippen LogP contribution is -2.30. The summed E-state index contributed by atoms with van der Waals surface area (Å²) in [7, 11) is 0. The van der Waals surface area contributed by atoms with Gasteiger partial charge in [0.25, 0.3) is 0 Å². The summed E-state index contributed by atoms with van der Waals surface area (Å²) in [4.78, 5) is 32.5. The summed E-state index contributed by atoms with van der Waals surface area (Å²) in [5, 5.41) is 0.535. The summed E-state index contributed by atoms with van der Waals surface area (Å²) < 4.78 is 0. The van der Waals surface area contributed by atoms with Gasteiger partial charge in [-0.25, -0.2) is 9.88 Å². The molecular formula is C19H20N2O2S. The molecule has 1 aromatic carbocycles. The van der Waals surface area contributed by atoms with Gasteiger partial charge in [-0.1, -0.05) is 42.7 Å². The average Bonchev–Trinajstić information content (AvgIpc) is 3.07. The predicted octanol–water partition coefficient (Wildman–Crippen LogP) is 4.11. The van der Waals surface area contributed by atoms with Crippen LogP contribution in [0.1, 0.15) is 36.1 Å². The highest BCUT2D eigenvalue weighted by molar-refractivity contribution is 7.16. The number of carbonyl (C=O) groups excluding carboxylic acids is 2. The first-order chi connectivity index (χ1) is 11.6. The Hall–Kier alpha value is -2.01. The Balaban J connectivity index is 1.70. The molecule has 0 radical (unpaired) electrons. The van der Waals surface area contributed by atoms with Crippen LogP contribution in [-0.2, 0) is 9.59 Å². The quantitative estimate of drug-likeness (QED) is 0.773. The standard InChI is InChI=1S/C19H20N2O2S/c1-11-7-9-13(10-8-11)16-12(2)24-19(20-16)21-17(22)14-5-3-4-6-15(14)18(21)23/h7-10,14-15H,3-6H2,1-2H3/t14-,15+. The zero-order chi connectivity index (χ0) is 16.8. The van der Waals surface area contributed by atoms with Crippen molar-refractivity contribution in [3.8, 4) is 11.3 Å². The van der Waals surface area contributed by atoms with Crippen molar-refractivity contribution in [2.24, 2.45) is 11.8 Å². The number of amides is 2. The normalized spacial score (nSPS) is 23.7. The second kappa shape index (κ2) is 5.81. The number of thiazole rings is 1. The van der Waals surface area contributed by atoms with Crippen molar-refractivity contribution < 1.29 is 9.59 Å². The van der Waals surface area contributed by atoms with Gasteiger partial charge in [0.1, 0.15) is 0 Å². The van der Waals surface area contributed by atoms with Crippen molar-refractivity contribution in [2.75, 3.05) is 4.90 Å². The molecule has 0 spiro atoms. The highest BCUT2D eigenvalue weighted by atomic mass is 32.1. The van der Waals surface area contributed by atoms with Crippen molar-refractivity contribution in [3.63, 3.8) is 0 Å². The summed E-state index contributed by atoms with van der Waals surface area (Å²) in [6, 6.07) is 8.17. The Morgan fingerprint density at radius 3 is 2.17 bits per heavy atom. The fourth-order valence-corrected chi connectivity index (χ4v) is 4.75. The largest absolute Gasteiger partial charge is 0.274 e. The number of aryl methyl sites for hydroxylation is 2. The van der Waals surface area contributed by atoms with E-state index in [1.54, 1.807) is 0 Å². The maximum atomic E-state index is 12.7. The second-order valence-corrected chi connectivity index (χ2v) is 7.96. The molecular weight excluding hydrogens is 320 g/mol. The van der Waals surface area contributed by atoms with E-state index >= 15 is 0 Å². The topological polar surface area (TPSA) is 50.3 Å². The van der Waals surface area contributed by atoms with Crippen LogP contribution in [0.4, 0.5) is 5.13 Å². The van der Waals surface area contributed by atoms with E-state index in [9.17, 15) is 9.59 Å². The average molecular weight is 340 g/mol. The number of fused-ring (bicyclic) bond motifs is 1. The van der Waals surface area contributed by atoms with Crippen molar-refractivity contribution in [1.82, 2.24) is 4.98 Å². The second-order valence-electron chi connectivity index (χ2n) is 6.78. The number of hydrogen-bond acceptors (Lipinski definition) is 4. The van der Waals surface area contributed by atoms with Crippen LogP contribution in [-0.4, -0.2) is 16.8 Å². The zero-order valence-corrected chi connectivity index (χ0v) is 14.7. The Kier molecular flexibility index (Phi) is 3.76. The van der Waals surface area contributed by atoms with Gasteiger partial charge in [-0.2, -0.15) is 0 Å². The third kappa shape index (κ3) is 2.38. The minimum Gasteiger partial charge on any atom is -0.274 e. The first-order valence-corrected chi connectivity index (χ1v) is 9.30. The van der Waals surface area contributed by atoms with E-state index in [4.69, 9.17) is 0 Å². The van der Waals surface area contributed by atoms with E-state index in [1.165, 1.54) is 21.8 Å². The Morgan fingerprint density at radius 1 is 1.00 bits per heavy atom. The smallest absolute Gasteiger partial charge is 0.239 e. The molecule has 4 rings (SSSR count). The number of nitrogens with zero attached hydrogens (tertiary/aromatic N) is 2. The number of benzene rings is 1. The van der Waals surface area contributed by atoms with Crippen molar-refractivity contribution in [2.45, 2.75) is 39.5 Å². The Morgan fingerprint density at radius 2 is 1.58 bits per heavy atom. The van der Waals surface area contributed by atoms with Gasteiger partial charge in [0.2, 0.25) is 11.8 Å². The van der Waals surface area contributed by atoms with E-state index in [0.29, 0.717) is 5.13 Å². The molecule has 124 valence electrons. The van der Waals surface area contributed by atoms with Gasteiger partial charge in [-0.05, 0) is 26.7 Å². The monoisotopic (exact) mass is 340 g/mol. The van der Waals surface area contributed by atoms with E-state index in [-0.39, 0.29) is 23.7 Å². The van der Waals surface area contributed by atoms with Crippen molar-refractivity contribution >= 4 is 28.3 Å². The van der Waals surface area contributed by atoms with Crippen LogP contribution in [0.5, 0.6) is 0 Å². The van der Waals surface area contributed by atoms with Crippen LogP contribution >= 0.6 is 11.3 Å². The van der Waals surface area contributed by atoms with Crippen LogP contribution in [0.2, 0.25) is 0 Å². The Labute approximate surface area is 145 Å². The number of hydrogen-bond donors (Lipinski definition) is 0. The molecule has 1 saturated heterocycles. The molecule has 4 nitrogen and oxygen atoms in total. The van der Waals surface area contributed by atoms with Crippen LogP contribution in [0, 0.1) is 25.7 Å². The first-order valence-electron chi connectivity index (χ1n) is 8.48. The van der Waals surface area contributed by atoms with Gasteiger partial charge in [0.05, 0.1) is 17.5 Å². The summed E-state index contributed by atoms with van der Waals surface area (Å²) in [5.41, 5.74) is 3.09. The predicted molar refractivity (Wildman–Crippen MR) is 95.0 cm³/mol. The lowest BCUT2D eigenvalue weighted by atomic mass is 9.81. The molecule has 24 heavy (non-hydrogen) atoms. The molecule has 0 unspecified atom stereocenters. The molecule has 2 aliphatic rings. The van der Waals surface area contributed by atoms with Crippen LogP contribution < -0.4 is 4.90 Å². The van der Waals surface area contributed by atoms with Gasteiger partial charge in [-0.15, -0.1) is 11.3 Å². The maximum absolute atomic E-state index is 12.7. The fraction of sp³-hybridized carbons (Fsp3) is 0.421. The van der Waals surface area contributed by atoms with Crippen LogP contribution in [0.25, 0.3) is 11.3 Å². The molecule has 1 aromatic heterocycles. The molecule has 1 aliphatic heterocycles. The minimum atomic E-state index is -0.127. The van der Waals surface area contributed by atoms with Crippen LogP contribution in [0.3, 0.4) is 0 Å². The van der Waals surface area contributed by atoms with Gasteiger partial charge in [0.15, 0.2) is 5.13 Å². The highest BCUT2D eigenvalue weighted by Gasteiger charge is 2.49. The van der Waals surface area contributed by atoms with E-state index in [2.05, 4.69) is 17.1 Å². The summed E-state index contributed by atoms with van der Waals surface area (Å²) >= 11 is 1.44. The van der Waals surface area contributed by atoms with Gasteiger partial charge in [-0.3, -0.25) is 9.59 Å². The van der Waals surface area contributed by atoms with Gasteiger partial charge < -0.3 is 0 Å². The van der Waals surface area contributed by atoms with Crippen LogP contribution in [0.15, 0.2) is 24.3 Å². The fourth-order valence-electron chi connectivity index (χ4n) is 3.81. The number of anilines is 1. The van der Waals surface area contributed by atoms with Crippen molar-refractivity contribution in [3.05, 3.63) is 34.7 Å². The van der Waals surface area contributed by atoms with Gasteiger partial charge >= 0.3 is 0 Å². The molecule has 1 saturated carbocycles. The maximum Gasteiger partial charge on any atom is 0.239 e. The van der Waals surface area contributed by atoms with Gasteiger partial charge in [0, 0.05) is 10.4 Å². The molecule has 2 atom stereocenters. The SMILES string of the molecule is Cc1ccc(-c2nc(N3C(=O)[C@H]4CCCC[C@H]4C3=O)sc2C)cc1. The number of aromatic nitrogens is 1. The third-order valence-electron chi connectivity index (χ3n) is 5.14. The molecule has 0 bridgehead atoms. The van der Waals surface area contributed by atoms with E-state index < -0.39 is 0 Å². The minimum absolute atomic E-state index is 0.0473. The third-order valence-corrected chi connectivity index (χ3v) is 6.10. The number of carbonyl (C=O) groups is 2. The first kappa shape index (κ1) is 15.5. The number of rotatable bonds is 2. The molecule has 2 aromatic rings. The Bertz CT molecular complexity index is 785. The summed E-state index contributed by atoms with van der Waals surface area (Å²) in [5.74, 6) is -0.348. The number of imide groups is 1. The molecule has 2 amide bonds.